The summed E-state index contributed by atoms with van der Waals surface area (Å²) in [6.45, 7) is 6.97. The number of hydrogen-bond donors (Lipinski definition) is 5. The first-order valence-corrected chi connectivity index (χ1v) is 8.38. The van der Waals surface area contributed by atoms with E-state index in [-0.39, 0.29) is 24.7 Å². The summed E-state index contributed by atoms with van der Waals surface area (Å²) in [6, 6.07) is -2.95. The second-order valence-corrected chi connectivity index (χ2v) is 6.55. The van der Waals surface area contributed by atoms with Crippen LogP contribution in [0.15, 0.2) is 0 Å². The molecule has 0 saturated heterocycles. The fraction of sp³-hybridized carbons (Fsp3) is 0.750. The molecule has 144 valence electrons. The molecule has 0 heterocycles. The van der Waals surface area contributed by atoms with Crippen LogP contribution in [0.1, 0.15) is 47.0 Å². The van der Waals surface area contributed by atoms with Crippen LogP contribution in [-0.4, -0.2) is 46.9 Å². The molecule has 0 aromatic carbocycles. The van der Waals surface area contributed by atoms with Gasteiger partial charge in [0.1, 0.15) is 12.1 Å². The summed E-state index contributed by atoms with van der Waals surface area (Å²) in [5, 5.41) is 14.2. The first-order chi connectivity index (χ1) is 11.5. The Hall–Kier alpha value is -2.16. The zero-order valence-electron chi connectivity index (χ0n) is 15.2. The topological polar surface area (TPSA) is 165 Å². The summed E-state index contributed by atoms with van der Waals surface area (Å²) in [5.74, 6) is -3.41. The zero-order chi connectivity index (χ0) is 19.7. The van der Waals surface area contributed by atoms with Gasteiger partial charge in [0.2, 0.25) is 17.7 Å². The molecule has 0 aliphatic heterocycles. The van der Waals surface area contributed by atoms with E-state index in [9.17, 15) is 24.3 Å². The maximum absolute atomic E-state index is 12.5. The lowest BCUT2D eigenvalue weighted by Crippen LogP contribution is -2.57. The van der Waals surface area contributed by atoms with Crippen molar-refractivity contribution >= 4 is 23.7 Å². The number of primary amides is 1. The standard InChI is InChI=1S/C16H30N4O5/c1-5-9(4)13(15(23)19-12(8(2)3)16(24)25)20-14(22)10(17)6-7-11(18)21/h8-10,12-13H,5-7,17H2,1-4H3,(H2,18,21)(H,19,23)(H,20,22)(H,24,25)/t9-,10+,12+,13+/m1/s1. The van der Waals surface area contributed by atoms with E-state index in [1.165, 1.54) is 0 Å². The molecule has 4 atom stereocenters. The highest BCUT2D eigenvalue weighted by molar-refractivity contribution is 5.92. The van der Waals surface area contributed by atoms with E-state index in [1.54, 1.807) is 20.8 Å². The largest absolute Gasteiger partial charge is 0.480 e. The van der Waals surface area contributed by atoms with Crippen LogP contribution < -0.4 is 22.1 Å². The number of rotatable bonds is 11. The molecule has 3 amide bonds. The number of aliphatic carboxylic acids is 1. The highest BCUT2D eigenvalue weighted by Gasteiger charge is 2.32. The molecule has 25 heavy (non-hydrogen) atoms. The van der Waals surface area contributed by atoms with Crippen LogP contribution in [0, 0.1) is 11.8 Å². The Morgan fingerprint density at radius 3 is 1.92 bits per heavy atom. The van der Waals surface area contributed by atoms with Gasteiger partial charge < -0.3 is 27.2 Å². The van der Waals surface area contributed by atoms with Crippen LogP contribution in [-0.2, 0) is 19.2 Å². The van der Waals surface area contributed by atoms with E-state index >= 15 is 0 Å². The number of carboxylic acids is 1. The van der Waals surface area contributed by atoms with Gasteiger partial charge in [-0.1, -0.05) is 34.1 Å². The number of hydrogen-bond acceptors (Lipinski definition) is 5. The Bertz CT molecular complexity index is 495. The van der Waals surface area contributed by atoms with Crippen molar-refractivity contribution in [3.63, 3.8) is 0 Å². The van der Waals surface area contributed by atoms with Gasteiger partial charge in [-0.25, -0.2) is 4.79 Å². The molecule has 0 bridgehead atoms. The van der Waals surface area contributed by atoms with Crippen molar-refractivity contribution in [1.29, 1.82) is 0 Å². The number of carbonyl (C=O) groups is 4. The summed E-state index contributed by atoms with van der Waals surface area (Å²) < 4.78 is 0. The van der Waals surface area contributed by atoms with Gasteiger partial charge in [0.05, 0.1) is 6.04 Å². The molecule has 9 nitrogen and oxygen atoms in total. The van der Waals surface area contributed by atoms with Crippen molar-refractivity contribution in [3.8, 4) is 0 Å². The van der Waals surface area contributed by atoms with Crippen LogP contribution in [0.3, 0.4) is 0 Å². The van der Waals surface area contributed by atoms with Crippen molar-refractivity contribution in [2.75, 3.05) is 0 Å². The molecule has 0 radical (unpaired) electrons. The van der Waals surface area contributed by atoms with Crippen molar-refractivity contribution in [2.24, 2.45) is 23.3 Å². The van der Waals surface area contributed by atoms with Crippen LogP contribution >= 0.6 is 0 Å². The Balaban J connectivity index is 5.05. The van der Waals surface area contributed by atoms with Gasteiger partial charge in [0.15, 0.2) is 0 Å². The molecule has 0 aromatic rings. The van der Waals surface area contributed by atoms with Crippen molar-refractivity contribution in [1.82, 2.24) is 10.6 Å². The third-order valence-corrected chi connectivity index (χ3v) is 4.06. The van der Waals surface area contributed by atoms with E-state index in [2.05, 4.69) is 10.6 Å². The highest BCUT2D eigenvalue weighted by Crippen LogP contribution is 2.11. The molecule has 0 aliphatic carbocycles. The van der Waals surface area contributed by atoms with Gasteiger partial charge in [-0.3, -0.25) is 14.4 Å². The van der Waals surface area contributed by atoms with Crippen LogP contribution in [0.2, 0.25) is 0 Å². The summed E-state index contributed by atoms with van der Waals surface area (Å²) in [6.07, 6.45) is 0.622. The first-order valence-electron chi connectivity index (χ1n) is 8.38. The predicted molar refractivity (Wildman–Crippen MR) is 92.2 cm³/mol. The summed E-state index contributed by atoms with van der Waals surface area (Å²) in [4.78, 5) is 46.7. The Morgan fingerprint density at radius 2 is 1.52 bits per heavy atom. The van der Waals surface area contributed by atoms with Gasteiger partial charge in [0, 0.05) is 6.42 Å². The third kappa shape index (κ3) is 7.97. The monoisotopic (exact) mass is 358 g/mol. The minimum absolute atomic E-state index is 0.0385. The van der Waals surface area contributed by atoms with Gasteiger partial charge in [-0.15, -0.1) is 0 Å². The van der Waals surface area contributed by atoms with Gasteiger partial charge in [0.25, 0.3) is 0 Å². The van der Waals surface area contributed by atoms with E-state index < -0.39 is 41.8 Å². The van der Waals surface area contributed by atoms with Gasteiger partial charge in [-0.2, -0.15) is 0 Å². The Labute approximate surface area is 147 Å². The second-order valence-electron chi connectivity index (χ2n) is 6.55. The van der Waals surface area contributed by atoms with E-state index in [1.807, 2.05) is 6.92 Å². The minimum atomic E-state index is -1.14. The Morgan fingerprint density at radius 1 is 1.00 bits per heavy atom. The summed E-state index contributed by atoms with van der Waals surface area (Å²) >= 11 is 0. The van der Waals surface area contributed by atoms with Crippen molar-refractivity contribution < 1.29 is 24.3 Å². The van der Waals surface area contributed by atoms with E-state index in [0.717, 1.165) is 0 Å². The SMILES string of the molecule is CC[C@@H](C)[C@H](NC(=O)[C@@H](N)CCC(N)=O)C(=O)N[C@H](C(=O)O)C(C)C. The molecule has 7 N–H and O–H groups in total. The number of nitrogens with two attached hydrogens (primary N) is 2. The fourth-order valence-corrected chi connectivity index (χ4v) is 2.15. The molecule has 0 rings (SSSR count). The lowest BCUT2D eigenvalue weighted by Gasteiger charge is -2.27. The number of carboxylic acid groups (broad SMARTS) is 1. The number of amides is 3. The number of nitrogens with one attached hydrogen (secondary N) is 2. The summed E-state index contributed by atoms with van der Waals surface area (Å²) in [7, 11) is 0. The lowest BCUT2D eigenvalue weighted by molar-refractivity contribution is -0.143. The minimum Gasteiger partial charge on any atom is -0.480 e. The molecule has 0 saturated carbocycles. The first kappa shape index (κ1) is 22.8. The average Bonchev–Trinajstić information content (AvgIpc) is 2.53. The lowest BCUT2D eigenvalue weighted by atomic mass is 9.96. The summed E-state index contributed by atoms with van der Waals surface area (Å²) in [5.41, 5.74) is 10.7. The number of carbonyl (C=O) groups excluding carboxylic acids is 3. The fourth-order valence-electron chi connectivity index (χ4n) is 2.15. The van der Waals surface area contributed by atoms with E-state index in [0.29, 0.717) is 6.42 Å². The highest BCUT2D eigenvalue weighted by atomic mass is 16.4. The maximum Gasteiger partial charge on any atom is 0.326 e. The van der Waals surface area contributed by atoms with Crippen LogP contribution in [0.4, 0.5) is 0 Å². The maximum atomic E-state index is 12.5. The predicted octanol–water partition coefficient (Wildman–Crippen LogP) is -0.664. The van der Waals surface area contributed by atoms with E-state index in [4.69, 9.17) is 11.5 Å². The second kappa shape index (κ2) is 10.7. The van der Waals surface area contributed by atoms with Crippen LogP contribution in [0.5, 0.6) is 0 Å². The molecule has 0 fully saturated rings. The Kier molecular flexibility index (Phi) is 9.73. The molecule has 0 aromatic heterocycles. The normalized spacial score (nSPS) is 15.8. The van der Waals surface area contributed by atoms with Gasteiger partial charge in [-0.05, 0) is 18.3 Å². The third-order valence-electron chi connectivity index (χ3n) is 4.06. The molecule has 0 aliphatic rings. The van der Waals surface area contributed by atoms with Gasteiger partial charge >= 0.3 is 5.97 Å². The smallest absolute Gasteiger partial charge is 0.326 e. The quantitative estimate of drug-likeness (QED) is 0.329. The molecule has 0 unspecified atom stereocenters. The molecule has 9 heteroatoms. The molecular formula is C16H30N4O5. The van der Waals surface area contributed by atoms with Crippen molar-refractivity contribution in [3.05, 3.63) is 0 Å². The van der Waals surface area contributed by atoms with Crippen molar-refractivity contribution in [2.45, 2.75) is 65.1 Å². The molecular weight excluding hydrogens is 328 g/mol. The average molecular weight is 358 g/mol. The van der Waals surface area contributed by atoms with Crippen LogP contribution in [0.25, 0.3) is 0 Å². The molecule has 0 spiro atoms. The zero-order valence-corrected chi connectivity index (χ0v) is 15.2.